The smallest absolute Gasteiger partial charge is 0.423 e. The molecule has 0 aromatic heterocycles. The Morgan fingerprint density at radius 3 is 2.54 bits per heavy atom. The zero-order chi connectivity index (χ0) is 26.2. The lowest BCUT2D eigenvalue weighted by Crippen LogP contribution is -2.40. The van der Waals surface area contributed by atoms with Gasteiger partial charge in [0.05, 0.1) is 18.9 Å². The number of hydrogen-bond donors (Lipinski definition) is 1. The lowest BCUT2D eigenvalue weighted by atomic mass is 9.59. The third-order valence-corrected chi connectivity index (χ3v) is 8.16. The van der Waals surface area contributed by atoms with E-state index >= 15 is 0 Å². The van der Waals surface area contributed by atoms with Crippen molar-refractivity contribution in [3.63, 3.8) is 0 Å². The highest BCUT2D eigenvalue weighted by atomic mass is 16.5. The molecule has 2 aromatic rings. The molecule has 6 rings (SSSR count). The van der Waals surface area contributed by atoms with Crippen LogP contribution < -0.4 is 0 Å². The molecule has 37 heavy (non-hydrogen) atoms. The van der Waals surface area contributed by atoms with Crippen LogP contribution in [0.3, 0.4) is 0 Å². The summed E-state index contributed by atoms with van der Waals surface area (Å²) in [7, 11) is 1.10. The van der Waals surface area contributed by atoms with E-state index in [4.69, 9.17) is 0 Å². The number of hydrogen-bond acceptors (Lipinski definition) is 7. The van der Waals surface area contributed by atoms with Crippen LogP contribution in [0.25, 0.3) is 10.8 Å². The van der Waals surface area contributed by atoms with Gasteiger partial charge in [-0.25, -0.2) is 4.79 Å². The van der Waals surface area contributed by atoms with Crippen molar-refractivity contribution >= 4 is 40.2 Å². The van der Waals surface area contributed by atoms with E-state index in [1.807, 2.05) is 24.3 Å². The molecule has 0 bridgehead atoms. The molecule has 0 spiro atoms. The molecule has 4 atom stereocenters. The van der Waals surface area contributed by atoms with E-state index in [9.17, 15) is 29.1 Å². The number of amides is 3. The van der Waals surface area contributed by atoms with Crippen molar-refractivity contribution in [1.82, 2.24) is 4.90 Å². The molecule has 4 unspecified atom stereocenters. The van der Waals surface area contributed by atoms with Gasteiger partial charge in [-0.3, -0.25) is 19.2 Å². The molecule has 1 heterocycles. The Labute approximate surface area is 211 Å². The SMILES string of the molecule is COC(=O)N1C(=O)C2CC=C3C(c4ccc5ccccc5c4O)C4=C(CC3C2C1=O)C(=O)C=C(C)C4=O. The van der Waals surface area contributed by atoms with Crippen molar-refractivity contribution in [2.45, 2.75) is 25.7 Å². The van der Waals surface area contributed by atoms with Gasteiger partial charge in [0.25, 0.3) is 0 Å². The molecule has 1 N–H and O–H groups in total. The number of allylic oxidation sites excluding steroid dienone is 6. The van der Waals surface area contributed by atoms with Crippen LogP contribution in [0.4, 0.5) is 4.79 Å². The van der Waals surface area contributed by atoms with Crippen LogP contribution >= 0.6 is 0 Å². The maximum Gasteiger partial charge on any atom is 0.423 e. The molecule has 186 valence electrons. The van der Waals surface area contributed by atoms with Gasteiger partial charge in [0.2, 0.25) is 11.8 Å². The van der Waals surface area contributed by atoms with Gasteiger partial charge in [-0.05, 0) is 37.1 Å². The highest BCUT2D eigenvalue weighted by molar-refractivity contribution is 6.24. The third kappa shape index (κ3) is 3.11. The molecule has 8 heteroatoms. The quantitative estimate of drug-likeness (QED) is 0.362. The van der Waals surface area contributed by atoms with E-state index in [-0.39, 0.29) is 35.7 Å². The number of imide groups is 3. The highest BCUT2D eigenvalue weighted by Crippen LogP contribution is 2.56. The molecule has 1 fully saturated rings. The molecule has 0 saturated carbocycles. The van der Waals surface area contributed by atoms with Gasteiger partial charge in [0.15, 0.2) is 11.6 Å². The summed E-state index contributed by atoms with van der Waals surface area (Å²) < 4.78 is 4.67. The lowest BCUT2D eigenvalue weighted by molar-refractivity contribution is -0.137. The number of likely N-dealkylation sites (tertiary alicyclic amines) is 1. The summed E-state index contributed by atoms with van der Waals surface area (Å²) >= 11 is 0. The average Bonchev–Trinajstić information content (AvgIpc) is 3.16. The number of carbonyl (C=O) groups excluding carboxylic acids is 5. The topological polar surface area (TPSA) is 118 Å². The van der Waals surface area contributed by atoms with Gasteiger partial charge in [-0.15, -0.1) is 0 Å². The molecule has 3 amide bonds. The number of ketones is 2. The predicted molar refractivity (Wildman–Crippen MR) is 131 cm³/mol. The van der Waals surface area contributed by atoms with Gasteiger partial charge in [-0.1, -0.05) is 48.0 Å². The number of carbonyl (C=O) groups is 5. The van der Waals surface area contributed by atoms with E-state index in [1.54, 1.807) is 25.1 Å². The van der Waals surface area contributed by atoms with Gasteiger partial charge < -0.3 is 9.84 Å². The van der Waals surface area contributed by atoms with Crippen molar-refractivity contribution in [2.24, 2.45) is 17.8 Å². The number of rotatable bonds is 1. The molecule has 4 aliphatic rings. The molecule has 1 aliphatic heterocycles. The number of fused-ring (bicyclic) bond motifs is 4. The van der Waals surface area contributed by atoms with Gasteiger partial charge >= 0.3 is 6.09 Å². The van der Waals surface area contributed by atoms with E-state index in [0.717, 1.165) is 12.5 Å². The van der Waals surface area contributed by atoms with E-state index < -0.39 is 41.6 Å². The first-order chi connectivity index (χ1) is 17.7. The minimum Gasteiger partial charge on any atom is -0.507 e. The standard InChI is InChI=1S/C29H23NO7/c1-13-11-21(31)20-12-19-16(9-10-18-23(19)28(35)30(27(18)34)29(36)37-2)22(24(20)25(13)32)17-8-7-14-5-3-4-6-15(14)26(17)33/h3-9,11,18-19,22-23,33H,10,12H2,1-2H3. The maximum absolute atomic E-state index is 13.5. The van der Waals surface area contributed by atoms with Crippen LogP contribution in [0.15, 0.2) is 70.8 Å². The van der Waals surface area contributed by atoms with Crippen LogP contribution in [-0.2, 0) is 23.9 Å². The number of Topliss-reactive ketones (excluding diaryl/α,β-unsaturated/α-hetero) is 1. The van der Waals surface area contributed by atoms with Crippen molar-refractivity contribution in [2.75, 3.05) is 7.11 Å². The van der Waals surface area contributed by atoms with Crippen molar-refractivity contribution in [3.8, 4) is 5.75 Å². The largest absolute Gasteiger partial charge is 0.507 e. The summed E-state index contributed by atoms with van der Waals surface area (Å²) in [5, 5.41) is 12.8. The number of aromatic hydroxyl groups is 1. The Balaban J connectivity index is 1.56. The van der Waals surface area contributed by atoms with Gasteiger partial charge in [-0.2, -0.15) is 4.90 Å². The Morgan fingerprint density at radius 1 is 1.03 bits per heavy atom. The zero-order valence-corrected chi connectivity index (χ0v) is 20.2. The Morgan fingerprint density at radius 2 is 1.78 bits per heavy atom. The lowest BCUT2D eigenvalue weighted by Gasteiger charge is -2.42. The Kier molecular flexibility index (Phi) is 5.05. The first kappa shape index (κ1) is 23.1. The first-order valence-electron chi connectivity index (χ1n) is 12.1. The van der Waals surface area contributed by atoms with Crippen LogP contribution in [0.2, 0.25) is 0 Å². The number of methoxy groups -OCH3 is 1. The third-order valence-electron chi connectivity index (χ3n) is 8.16. The first-order valence-corrected chi connectivity index (χ1v) is 12.1. The second-order valence-corrected chi connectivity index (χ2v) is 9.94. The fourth-order valence-electron chi connectivity index (χ4n) is 6.49. The summed E-state index contributed by atoms with van der Waals surface area (Å²) in [5.74, 6) is -4.89. The van der Waals surface area contributed by atoms with Crippen LogP contribution in [0, 0.1) is 17.8 Å². The van der Waals surface area contributed by atoms with Crippen molar-refractivity contribution < 1.29 is 33.8 Å². The van der Waals surface area contributed by atoms with Crippen molar-refractivity contribution in [3.05, 3.63) is 76.4 Å². The molecule has 0 radical (unpaired) electrons. The second-order valence-electron chi connectivity index (χ2n) is 9.94. The van der Waals surface area contributed by atoms with Crippen LogP contribution in [-0.4, -0.2) is 46.6 Å². The van der Waals surface area contributed by atoms with E-state index in [2.05, 4.69) is 4.74 Å². The monoisotopic (exact) mass is 497 g/mol. The Bertz CT molecular complexity index is 1560. The number of phenols is 1. The summed E-state index contributed by atoms with van der Waals surface area (Å²) in [5.41, 5.74) is 2.06. The molecule has 2 aromatic carbocycles. The minimum absolute atomic E-state index is 0.00362. The predicted octanol–water partition coefficient (Wildman–Crippen LogP) is 3.74. The Hall–Kier alpha value is -4.33. The summed E-state index contributed by atoms with van der Waals surface area (Å²) in [6.45, 7) is 1.59. The minimum atomic E-state index is -1.03. The van der Waals surface area contributed by atoms with E-state index in [1.165, 1.54) is 6.08 Å². The molecule has 3 aliphatic carbocycles. The molecular weight excluding hydrogens is 474 g/mol. The summed E-state index contributed by atoms with van der Waals surface area (Å²) in [6.07, 6.45) is 2.39. The summed E-state index contributed by atoms with van der Waals surface area (Å²) in [6, 6.07) is 10.9. The maximum atomic E-state index is 13.5. The van der Waals surface area contributed by atoms with Gasteiger partial charge in [0.1, 0.15) is 5.75 Å². The fraction of sp³-hybridized carbons (Fsp3) is 0.276. The fourth-order valence-corrected chi connectivity index (χ4v) is 6.49. The zero-order valence-electron chi connectivity index (χ0n) is 20.2. The van der Waals surface area contributed by atoms with E-state index in [0.29, 0.717) is 32.6 Å². The second kappa shape index (κ2) is 8.09. The highest BCUT2D eigenvalue weighted by Gasteiger charge is 2.58. The molecule has 1 saturated heterocycles. The number of benzene rings is 2. The number of phenolic OH excluding ortho intramolecular Hbond substituents is 1. The molecular formula is C29H23NO7. The van der Waals surface area contributed by atoms with Crippen LogP contribution in [0.1, 0.15) is 31.2 Å². The molecule has 8 nitrogen and oxygen atoms in total. The number of ether oxygens (including phenoxy) is 1. The summed E-state index contributed by atoms with van der Waals surface area (Å²) in [4.78, 5) is 65.9. The normalized spacial score (nSPS) is 27.0. The van der Waals surface area contributed by atoms with Gasteiger partial charge in [0, 0.05) is 33.6 Å². The van der Waals surface area contributed by atoms with Crippen molar-refractivity contribution in [1.29, 1.82) is 0 Å². The number of nitrogens with zero attached hydrogens (tertiary/aromatic N) is 1. The van der Waals surface area contributed by atoms with Crippen LogP contribution in [0.5, 0.6) is 5.75 Å². The average molecular weight is 498 g/mol.